The van der Waals surface area contributed by atoms with E-state index in [0.29, 0.717) is 47.3 Å². The molecule has 1 amide bonds. The Hall–Kier alpha value is -4.42. The van der Waals surface area contributed by atoms with Gasteiger partial charge in [0.1, 0.15) is 11.5 Å². The Bertz CT molecular complexity index is 1560. The second-order valence-corrected chi connectivity index (χ2v) is 9.99. The summed E-state index contributed by atoms with van der Waals surface area (Å²) in [5, 5.41) is 5.71. The van der Waals surface area contributed by atoms with Crippen LogP contribution in [-0.2, 0) is 6.18 Å². The number of alkyl halides is 3. The molecule has 0 aliphatic heterocycles. The van der Waals surface area contributed by atoms with Crippen LogP contribution in [0.3, 0.4) is 0 Å². The van der Waals surface area contributed by atoms with Crippen LogP contribution in [0.25, 0.3) is 0 Å². The van der Waals surface area contributed by atoms with Crippen LogP contribution in [-0.4, -0.2) is 49.2 Å². The van der Waals surface area contributed by atoms with E-state index in [1.165, 1.54) is 32.5 Å². The lowest BCUT2D eigenvalue weighted by Gasteiger charge is -2.10. The largest absolute Gasteiger partial charge is 0.496 e. The molecule has 1 heterocycles. The number of ketones is 1. The summed E-state index contributed by atoms with van der Waals surface area (Å²) in [7, 11) is 2.99. The van der Waals surface area contributed by atoms with Crippen LogP contribution >= 0.6 is 22.9 Å². The third-order valence-electron chi connectivity index (χ3n) is 5.79. The summed E-state index contributed by atoms with van der Waals surface area (Å²) in [6.45, 7) is 0.840. The molecule has 4 aromatic rings. The van der Waals surface area contributed by atoms with Gasteiger partial charge >= 0.3 is 6.18 Å². The molecule has 2 N–H and O–H groups in total. The number of carbonyl (C=O) groups excluding carboxylic acids is 3. The maximum absolute atomic E-state index is 13.2. The van der Waals surface area contributed by atoms with Crippen molar-refractivity contribution in [2.24, 2.45) is 0 Å². The van der Waals surface area contributed by atoms with Gasteiger partial charge in [-0.1, -0.05) is 53.8 Å². The molecule has 0 saturated heterocycles. The molecule has 0 bridgehead atoms. The first-order valence-corrected chi connectivity index (χ1v) is 13.9. The van der Waals surface area contributed by atoms with Gasteiger partial charge in [0.25, 0.3) is 11.1 Å². The molecule has 0 aliphatic carbocycles. The molecule has 0 radical (unpaired) electrons. The molecule has 0 spiro atoms. The minimum Gasteiger partial charge on any atom is -0.496 e. The number of nitrogens with zero attached hydrogens (tertiary/aromatic N) is 1. The highest BCUT2D eigenvalue weighted by molar-refractivity contribution is 7.17. The number of thiazole rings is 1. The molecule has 0 aliphatic rings. The summed E-state index contributed by atoms with van der Waals surface area (Å²) in [4.78, 5) is 39.7. The second kappa shape index (κ2) is 15.7. The number of amides is 1. The van der Waals surface area contributed by atoms with Gasteiger partial charge in [-0.05, 0) is 48.4 Å². The lowest BCUT2D eigenvalue weighted by atomic mass is 10.0. The van der Waals surface area contributed by atoms with Gasteiger partial charge in [-0.2, -0.15) is 13.2 Å². The van der Waals surface area contributed by atoms with Gasteiger partial charge in [0.05, 0.1) is 42.0 Å². The van der Waals surface area contributed by atoms with Crippen molar-refractivity contribution in [1.29, 1.82) is 0 Å². The Labute approximate surface area is 254 Å². The topological polar surface area (TPSA) is 107 Å². The van der Waals surface area contributed by atoms with Crippen molar-refractivity contribution in [1.82, 2.24) is 10.3 Å². The van der Waals surface area contributed by atoms with Gasteiger partial charge in [-0.25, -0.2) is 4.98 Å². The number of benzene rings is 3. The van der Waals surface area contributed by atoms with Crippen molar-refractivity contribution < 1.29 is 37.0 Å². The monoisotopic (exact) mass is 633 g/mol. The van der Waals surface area contributed by atoms with Gasteiger partial charge in [0.2, 0.25) is 5.78 Å². The van der Waals surface area contributed by atoms with E-state index < -0.39 is 28.3 Å². The Morgan fingerprint density at radius 1 is 0.837 bits per heavy atom. The molecule has 0 unspecified atom stereocenters. The van der Waals surface area contributed by atoms with Crippen molar-refractivity contribution in [2.75, 3.05) is 32.6 Å². The smallest absolute Gasteiger partial charge is 0.417 e. The SMILES string of the molecule is COc1ccccc1C(=O)Cl.COc1ccccc1C(=O)NCCCNc1ncc(C(=O)c2ccccc2C(F)(F)F)s1. The predicted molar refractivity (Wildman–Crippen MR) is 159 cm³/mol. The van der Waals surface area contributed by atoms with E-state index in [2.05, 4.69) is 15.6 Å². The van der Waals surface area contributed by atoms with Crippen LogP contribution < -0.4 is 20.1 Å². The minimum absolute atomic E-state index is 0.105. The first-order valence-electron chi connectivity index (χ1n) is 12.7. The zero-order chi connectivity index (χ0) is 31.4. The average Bonchev–Trinajstić information content (AvgIpc) is 3.49. The van der Waals surface area contributed by atoms with E-state index in [1.54, 1.807) is 48.5 Å². The maximum atomic E-state index is 13.2. The molecule has 0 saturated carbocycles. The molecule has 1 aromatic heterocycles. The number of halogens is 4. The molecule has 0 fully saturated rings. The van der Waals surface area contributed by atoms with Crippen LogP contribution in [0.15, 0.2) is 79.0 Å². The zero-order valence-corrected chi connectivity index (χ0v) is 24.6. The van der Waals surface area contributed by atoms with Crippen LogP contribution in [0.1, 0.15) is 47.9 Å². The van der Waals surface area contributed by atoms with Crippen LogP contribution in [0.5, 0.6) is 11.5 Å². The van der Waals surface area contributed by atoms with Gasteiger partial charge in [0.15, 0.2) is 5.13 Å². The van der Waals surface area contributed by atoms with Gasteiger partial charge in [-0.15, -0.1) is 0 Å². The molecule has 4 rings (SSSR count). The van der Waals surface area contributed by atoms with Gasteiger partial charge in [-0.3, -0.25) is 14.4 Å². The highest BCUT2D eigenvalue weighted by atomic mass is 35.5. The number of anilines is 1. The molecular formula is C30H27ClF3N3O5S. The number of carbonyl (C=O) groups is 3. The van der Waals surface area contributed by atoms with Crippen molar-refractivity contribution in [3.8, 4) is 11.5 Å². The van der Waals surface area contributed by atoms with E-state index in [1.807, 2.05) is 0 Å². The summed E-state index contributed by atoms with van der Waals surface area (Å²) in [6, 6.07) is 18.4. The summed E-state index contributed by atoms with van der Waals surface area (Å²) in [5.41, 5.74) is -0.546. The fourth-order valence-electron chi connectivity index (χ4n) is 3.74. The lowest BCUT2D eigenvalue weighted by molar-refractivity contribution is -0.137. The standard InChI is InChI=1S/C22H20F3N3O3S.C8H7ClO2/c1-31-17-10-5-3-8-15(17)20(30)26-11-6-12-27-21-28-13-18(32-21)19(29)14-7-2-4-9-16(14)22(23,24)25;1-11-7-5-3-2-4-6(7)8(9)10/h2-5,7-10,13H,6,11-12H2,1H3,(H,26,30)(H,27,28);2-5H,1H3. The Morgan fingerprint density at radius 3 is 1.98 bits per heavy atom. The number of aromatic nitrogens is 1. The molecule has 0 atom stereocenters. The molecule has 226 valence electrons. The molecule has 43 heavy (non-hydrogen) atoms. The second-order valence-electron chi connectivity index (χ2n) is 8.61. The summed E-state index contributed by atoms with van der Waals surface area (Å²) in [5.74, 6) is 0.00293. The zero-order valence-electron chi connectivity index (χ0n) is 23.0. The van der Waals surface area contributed by atoms with Crippen molar-refractivity contribution in [3.63, 3.8) is 0 Å². The minimum atomic E-state index is -4.62. The van der Waals surface area contributed by atoms with Crippen molar-refractivity contribution in [2.45, 2.75) is 12.6 Å². The molecule has 3 aromatic carbocycles. The molecular weight excluding hydrogens is 607 g/mol. The molecule has 13 heteroatoms. The highest BCUT2D eigenvalue weighted by Gasteiger charge is 2.35. The van der Waals surface area contributed by atoms with E-state index in [9.17, 15) is 27.6 Å². The van der Waals surface area contributed by atoms with Crippen LogP contribution in [0.2, 0.25) is 0 Å². The fraction of sp³-hybridized carbons (Fsp3) is 0.200. The van der Waals surface area contributed by atoms with Crippen LogP contribution in [0.4, 0.5) is 18.3 Å². The average molecular weight is 634 g/mol. The number of rotatable bonds is 11. The Morgan fingerprint density at radius 2 is 1.40 bits per heavy atom. The number of hydrogen-bond acceptors (Lipinski definition) is 8. The van der Waals surface area contributed by atoms with Crippen molar-refractivity contribution >= 4 is 45.0 Å². The molecule has 8 nitrogen and oxygen atoms in total. The van der Waals surface area contributed by atoms with Crippen LogP contribution in [0, 0.1) is 0 Å². The Kier molecular flexibility index (Phi) is 12.1. The lowest BCUT2D eigenvalue weighted by Crippen LogP contribution is -2.26. The number of hydrogen-bond donors (Lipinski definition) is 2. The van der Waals surface area contributed by atoms with E-state index in [-0.39, 0.29) is 10.8 Å². The maximum Gasteiger partial charge on any atom is 0.417 e. The van der Waals surface area contributed by atoms with E-state index in [4.69, 9.17) is 21.1 Å². The van der Waals surface area contributed by atoms with Gasteiger partial charge in [0, 0.05) is 18.7 Å². The number of para-hydroxylation sites is 2. The first kappa shape index (κ1) is 33.1. The Balaban J connectivity index is 0.000000386. The first-order chi connectivity index (χ1) is 20.6. The number of nitrogens with one attached hydrogen (secondary N) is 2. The quantitative estimate of drug-likeness (QED) is 0.107. The van der Waals surface area contributed by atoms with Gasteiger partial charge < -0.3 is 20.1 Å². The highest BCUT2D eigenvalue weighted by Crippen LogP contribution is 2.33. The summed E-state index contributed by atoms with van der Waals surface area (Å²) in [6.07, 6.45) is -2.79. The number of methoxy groups -OCH3 is 2. The van der Waals surface area contributed by atoms with Crippen molar-refractivity contribution in [3.05, 3.63) is 106 Å². The van der Waals surface area contributed by atoms with E-state index in [0.717, 1.165) is 23.5 Å². The fourth-order valence-corrected chi connectivity index (χ4v) is 4.69. The third kappa shape index (κ3) is 9.29. The predicted octanol–water partition coefficient (Wildman–Crippen LogP) is 6.71. The summed E-state index contributed by atoms with van der Waals surface area (Å²) < 4.78 is 49.6. The number of ether oxygens (including phenoxy) is 2. The normalized spacial score (nSPS) is 10.7. The third-order valence-corrected chi connectivity index (χ3v) is 6.95. The summed E-state index contributed by atoms with van der Waals surface area (Å²) >= 11 is 6.25. The van der Waals surface area contributed by atoms with E-state index >= 15 is 0 Å².